The van der Waals surface area contributed by atoms with Crippen molar-refractivity contribution in [1.29, 1.82) is 0 Å². The molecule has 20 heavy (non-hydrogen) atoms. The minimum Gasteiger partial charge on any atom is -0.376 e. The highest BCUT2D eigenvalue weighted by atomic mass is 16.5. The SMILES string of the molecule is CNC(C)c1ccc2c(c1)CCN2CC1CCCCO1. The highest BCUT2D eigenvalue weighted by molar-refractivity contribution is 5.59. The molecule has 1 saturated heterocycles. The van der Waals surface area contributed by atoms with Crippen molar-refractivity contribution >= 4 is 5.69 Å². The van der Waals surface area contributed by atoms with Crippen LogP contribution in [0.2, 0.25) is 0 Å². The van der Waals surface area contributed by atoms with E-state index in [0.717, 1.165) is 19.7 Å². The Kier molecular flexibility index (Phi) is 4.27. The van der Waals surface area contributed by atoms with Crippen molar-refractivity contribution in [1.82, 2.24) is 5.32 Å². The first-order valence-corrected chi connectivity index (χ1v) is 7.94. The van der Waals surface area contributed by atoms with E-state index in [-0.39, 0.29) is 0 Å². The number of nitrogens with one attached hydrogen (secondary N) is 1. The summed E-state index contributed by atoms with van der Waals surface area (Å²) in [7, 11) is 2.02. The van der Waals surface area contributed by atoms with E-state index < -0.39 is 0 Å². The molecular formula is C17H26N2O. The third kappa shape index (κ3) is 2.84. The molecule has 2 atom stereocenters. The summed E-state index contributed by atoms with van der Waals surface area (Å²) in [6.45, 7) is 5.37. The van der Waals surface area contributed by atoms with Gasteiger partial charge in [-0.15, -0.1) is 0 Å². The smallest absolute Gasteiger partial charge is 0.0749 e. The Labute approximate surface area is 122 Å². The average molecular weight is 274 g/mol. The Hall–Kier alpha value is -1.06. The van der Waals surface area contributed by atoms with Crippen LogP contribution in [0.1, 0.15) is 43.4 Å². The van der Waals surface area contributed by atoms with Crippen molar-refractivity contribution in [2.24, 2.45) is 0 Å². The Balaban J connectivity index is 1.70. The second kappa shape index (κ2) is 6.15. The quantitative estimate of drug-likeness (QED) is 0.913. The van der Waals surface area contributed by atoms with Crippen molar-refractivity contribution in [3.05, 3.63) is 29.3 Å². The fourth-order valence-corrected chi connectivity index (χ4v) is 3.31. The Morgan fingerprint density at radius 1 is 1.40 bits per heavy atom. The number of nitrogens with zero attached hydrogens (tertiary/aromatic N) is 1. The zero-order valence-electron chi connectivity index (χ0n) is 12.7. The van der Waals surface area contributed by atoms with E-state index in [9.17, 15) is 0 Å². The lowest BCUT2D eigenvalue weighted by molar-refractivity contribution is 0.0212. The van der Waals surface area contributed by atoms with Gasteiger partial charge in [0.25, 0.3) is 0 Å². The molecule has 0 radical (unpaired) electrons. The van der Waals surface area contributed by atoms with Crippen molar-refractivity contribution in [2.75, 3.05) is 31.6 Å². The van der Waals surface area contributed by atoms with Crippen LogP contribution >= 0.6 is 0 Å². The Morgan fingerprint density at radius 3 is 3.05 bits per heavy atom. The van der Waals surface area contributed by atoms with Gasteiger partial charge in [0.2, 0.25) is 0 Å². The van der Waals surface area contributed by atoms with Gasteiger partial charge >= 0.3 is 0 Å². The predicted octanol–water partition coefficient (Wildman–Crippen LogP) is 2.90. The Bertz CT molecular complexity index is 454. The molecule has 110 valence electrons. The van der Waals surface area contributed by atoms with Crippen LogP contribution in [0.3, 0.4) is 0 Å². The van der Waals surface area contributed by atoms with Crippen molar-refractivity contribution in [3.8, 4) is 0 Å². The first-order valence-electron chi connectivity index (χ1n) is 7.94. The zero-order chi connectivity index (χ0) is 13.9. The minimum absolute atomic E-state index is 0.427. The average Bonchev–Trinajstić information content (AvgIpc) is 2.90. The molecule has 0 amide bonds. The van der Waals surface area contributed by atoms with Gasteiger partial charge in [-0.3, -0.25) is 0 Å². The van der Waals surface area contributed by atoms with Crippen molar-refractivity contribution in [2.45, 2.75) is 44.8 Å². The molecule has 3 rings (SSSR count). The van der Waals surface area contributed by atoms with Crippen LogP contribution in [-0.2, 0) is 11.2 Å². The number of benzene rings is 1. The third-order valence-electron chi connectivity index (χ3n) is 4.73. The molecule has 3 heteroatoms. The summed E-state index contributed by atoms with van der Waals surface area (Å²) in [5.74, 6) is 0. The normalized spacial score (nSPS) is 23.7. The van der Waals surface area contributed by atoms with E-state index in [1.165, 1.54) is 42.5 Å². The summed E-state index contributed by atoms with van der Waals surface area (Å²) in [4.78, 5) is 2.51. The summed E-state index contributed by atoms with van der Waals surface area (Å²) in [6.07, 6.45) is 5.39. The fourth-order valence-electron chi connectivity index (χ4n) is 3.31. The van der Waals surface area contributed by atoms with Crippen LogP contribution in [0.25, 0.3) is 0 Å². The van der Waals surface area contributed by atoms with Gasteiger partial charge in [0.1, 0.15) is 0 Å². The van der Waals surface area contributed by atoms with Crippen LogP contribution in [-0.4, -0.2) is 32.8 Å². The maximum atomic E-state index is 5.88. The van der Waals surface area contributed by atoms with Crippen LogP contribution in [0, 0.1) is 0 Å². The van der Waals surface area contributed by atoms with E-state index in [2.05, 4.69) is 35.3 Å². The van der Waals surface area contributed by atoms with Gasteiger partial charge in [-0.05, 0) is 56.8 Å². The molecule has 1 aromatic rings. The molecule has 2 aliphatic rings. The fraction of sp³-hybridized carbons (Fsp3) is 0.647. The molecule has 0 bridgehead atoms. The summed E-state index contributed by atoms with van der Waals surface area (Å²) >= 11 is 0. The maximum absolute atomic E-state index is 5.88. The summed E-state index contributed by atoms with van der Waals surface area (Å²) in [6, 6.07) is 7.36. The monoisotopic (exact) mass is 274 g/mol. The highest BCUT2D eigenvalue weighted by Gasteiger charge is 2.24. The van der Waals surface area contributed by atoms with E-state index >= 15 is 0 Å². The molecule has 2 heterocycles. The standard InChI is InChI=1S/C17H26N2O/c1-13(18-2)14-6-7-17-15(11-14)8-9-19(17)12-16-5-3-4-10-20-16/h6-7,11,13,16,18H,3-5,8-10,12H2,1-2H3. The predicted molar refractivity (Wildman–Crippen MR) is 83.4 cm³/mol. The number of fused-ring (bicyclic) bond motifs is 1. The van der Waals surface area contributed by atoms with Crippen molar-refractivity contribution in [3.63, 3.8) is 0 Å². The molecule has 0 aromatic heterocycles. The summed E-state index contributed by atoms with van der Waals surface area (Å²) in [5, 5.41) is 3.32. The molecule has 0 aliphatic carbocycles. The van der Waals surface area contributed by atoms with Crippen LogP contribution in [0.15, 0.2) is 18.2 Å². The molecule has 0 saturated carbocycles. The van der Waals surface area contributed by atoms with Crippen LogP contribution in [0.4, 0.5) is 5.69 Å². The van der Waals surface area contributed by atoms with Gasteiger partial charge in [0.05, 0.1) is 6.10 Å². The van der Waals surface area contributed by atoms with E-state index in [4.69, 9.17) is 4.74 Å². The lowest BCUT2D eigenvalue weighted by Crippen LogP contribution is -2.34. The van der Waals surface area contributed by atoms with E-state index in [1.807, 2.05) is 7.05 Å². The number of anilines is 1. The second-order valence-corrected chi connectivity index (χ2v) is 6.08. The molecule has 1 N–H and O–H groups in total. The minimum atomic E-state index is 0.427. The first-order chi connectivity index (χ1) is 9.78. The summed E-state index contributed by atoms with van der Waals surface area (Å²) in [5.41, 5.74) is 4.31. The van der Waals surface area contributed by atoms with Crippen LogP contribution < -0.4 is 10.2 Å². The lowest BCUT2D eigenvalue weighted by atomic mass is 10.0. The molecule has 3 nitrogen and oxygen atoms in total. The van der Waals surface area contributed by atoms with Gasteiger partial charge < -0.3 is 15.0 Å². The lowest BCUT2D eigenvalue weighted by Gasteiger charge is -2.29. The molecule has 2 aliphatic heterocycles. The number of rotatable bonds is 4. The number of hydrogen-bond donors (Lipinski definition) is 1. The van der Waals surface area contributed by atoms with Gasteiger partial charge in [-0.1, -0.05) is 12.1 Å². The first kappa shape index (κ1) is 13.9. The maximum Gasteiger partial charge on any atom is 0.0749 e. The van der Waals surface area contributed by atoms with Gasteiger partial charge in [-0.2, -0.15) is 0 Å². The van der Waals surface area contributed by atoms with E-state index in [0.29, 0.717) is 12.1 Å². The van der Waals surface area contributed by atoms with E-state index in [1.54, 1.807) is 0 Å². The number of ether oxygens (including phenoxy) is 1. The Morgan fingerprint density at radius 2 is 2.30 bits per heavy atom. The highest BCUT2D eigenvalue weighted by Crippen LogP contribution is 2.31. The number of hydrogen-bond acceptors (Lipinski definition) is 3. The second-order valence-electron chi connectivity index (χ2n) is 6.08. The van der Waals surface area contributed by atoms with Gasteiger partial charge in [0, 0.05) is 31.4 Å². The van der Waals surface area contributed by atoms with Crippen molar-refractivity contribution < 1.29 is 4.74 Å². The molecule has 2 unspecified atom stereocenters. The zero-order valence-corrected chi connectivity index (χ0v) is 12.7. The summed E-state index contributed by atoms with van der Waals surface area (Å²) < 4.78 is 5.88. The molecule has 0 spiro atoms. The topological polar surface area (TPSA) is 24.5 Å². The molecule has 1 aromatic carbocycles. The largest absolute Gasteiger partial charge is 0.376 e. The molecule has 1 fully saturated rings. The third-order valence-corrected chi connectivity index (χ3v) is 4.73. The van der Waals surface area contributed by atoms with Crippen LogP contribution in [0.5, 0.6) is 0 Å². The molecular weight excluding hydrogens is 248 g/mol. The van der Waals surface area contributed by atoms with Gasteiger partial charge in [-0.25, -0.2) is 0 Å². The van der Waals surface area contributed by atoms with Gasteiger partial charge in [0.15, 0.2) is 0 Å².